The van der Waals surface area contributed by atoms with Crippen molar-refractivity contribution in [2.45, 2.75) is 31.3 Å². The molecule has 3 aromatic carbocycles. The van der Waals surface area contributed by atoms with E-state index in [9.17, 15) is 9.18 Å². The van der Waals surface area contributed by atoms with Gasteiger partial charge >= 0.3 is 5.97 Å². The minimum Gasteiger partial charge on any atom is -0.492 e. The largest absolute Gasteiger partial charge is 0.492 e. The number of hydrogen-bond acceptors (Lipinski definition) is 5. The average molecular weight is 488 g/mol. The molecule has 2 unspecified atom stereocenters. The number of esters is 1. The van der Waals surface area contributed by atoms with Gasteiger partial charge in [-0.25, -0.2) is 4.39 Å². The highest BCUT2D eigenvalue weighted by molar-refractivity contribution is 5.81. The van der Waals surface area contributed by atoms with Crippen LogP contribution >= 0.6 is 0 Å². The molecule has 1 aliphatic heterocycles. The topological polar surface area (TPSA) is 58.9 Å². The molecule has 184 valence electrons. The SMILES string of the molecule is COC(=O)CC1COc2cc(OC3CCc4c(Oc5ccc6c(ccn6C)c5)ccc(F)c43)ccc21. The molecule has 2 aliphatic rings. The van der Waals surface area contributed by atoms with Gasteiger partial charge in [0, 0.05) is 52.8 Å². The Morgan fingerprint density at radius 1 is 1.11 bits per heavy atom. The quantitative estimate of drug-likeness (QED) is 0.303. The van der Waals surface area contributed by atoms with Gasteiger partial charge in [-0.15, -0.1) is 0 Å². The van der Waals surface area contributed by atoms with Crippen molar-refractivity contribution < 1.29 is 28.1 Å². The molecule has 0 bridgehead atoms. The van der Waals surface area contributed by atoms with E-state index in [1.165, 1.54) is 13.2 Å². The van der Waals surface area contributed by atoms with Gasteiger partial charge in [0.15, 0.2) is 0 Å². The normalized spacial score (nSPS) is 18.0. The molecule has 0 saturated carbocycles. The van der Waals surface area contributed by atoms with Gasteiger partial charge in [0.1, 0.15) is 34.9 Å². The lowest BCUT2D eigenvalue weighted by atomic mass is 9.98. The van der Waals surface area contributed by atoms with E-state index in [4.69, 9.17) is 18.9 Å². The molecule has 0 N–H and O–H groups in total. The Bertz CT molecular complexity index is 1480. The summed E-state index contributed by atoms with van der Waals surface area (Å²) in [6.45, 7) is 0.421. The van der Waals surface area contributed by atoms with Crippen LogP contribution < -0.4 is 14.2 Å². The van der Waals surface area contributed by atoms with E-state index in [0.717, 1.165) is 22.0 Å². The molecule has 36 heavy (non-hydrogen) atoms. The molecule has 0 amide bonds. The van der Waals surface area contributed by atoms with Crippen molar-refractivity contribution in [3.05, 3.63) is 83.3 Å². The number of aryl methyl sites for hydroxylation is 1. The molecule has 2 heterocycles. The van der Waals surface area contributed by atoms with E-state index in [2.05, 4.69) is 4.57 Å². The molecule has 0 spiro atoms. The Labute approximate surface area is 208 Å². The van der Waals surface area contributed by atoms with Crippen LogP contribution in [0.3, 0.4) is 0 Å². The van der Waals surface area contributed by atoms with Crippen LogP contribution in [0.25, 0.3) is 10.9 Å². The standard InChI is InChI=1S/C29H26FNO5/c1-31-12-11-17-13-19(4-8-24(17)31)35-25-10-7-23(30)29-22(25)6-9-26(29)36-20-3-5-21-18(14-28(32)33-2)16-34-27(21)15-20/h3-5,7-8,10-13,15,18,26H,6,9,14,16H2,1-2H3. The third-order valence-corrected chi connectivity index (χ3v) is 7.11. The molecular formula is C29H26FNO5. The maximum absolute atomic E-state index is 15.0. The van der Waals surface area contributed by atoms with Crippen molar-refractivity contribution in [2.75, 3.05) is 13.7 Å². The minimum absolute atomic E-state index is 0.0408. The van der Waals surface area contributed by atoms with E-state index in [1.54, 1.807) is 6.07 Å². The molecule has 1 aliphatic carbocycles. The summed E-state index contributed by atoms with van der Waals surface area (Å²) in [5.74, 6) is 2.05. The maximum atomic E-state index is 15.0. The first kappa shape index (κ1) is 22.5. The van der Waals surface area contributed by atoms with Crippen molar-refractivity contribution in [1.82, 2.24) is 4.57 Å². The van der Waals surface area contributed by atoms with Crippen LogP contribution in [-0.2, 0) is 23.0 Å². The van der Waals surface area contributed by atoms with Crippen molar-refractivity contribution in [3.63, 3.8) is 0 Å². The van der Waals surface area contributed by atoms with Gasteiger partial charge in [0.25, 0.3) is 0 Å². The fourth-order valence-corrected chi connectivity index (χ4v) is 5.25. The summed E-state index contributed by atoms with van der Waals surface area (Å²) in [7, 11) is 3.39. The Kier molecular flexibility index (Phi) is 5.55. The fourth-order valence-electron chi connectivity index (χ4n) is 5.25. The Morgan fingerprint density at radius 2 is 1.97 bits per heavy atom. The lowest BCUT2D eigenvalue weighted by Crippen LogP contribution is -2.09. The van der Waals surface area contributed by atoms with Crippen molar-refractivity contribution in [2.24, 2.45) is 7.05 Å². The number of rotatable bonds is 6. The fraction of sp³-hybridized carbons (Fsp3) is 0.276. The minimum atomic E-state index is -0.425. The highest BCUT2D eigenvalue weighted by Gasteiger charge is 2.32. The molecule has 6 rings (SSSR count). The van der Waals surface area contributed by atoms with Crippen molar-refractivity contribution in [3.8, 4) is 23.0 Å². The van der Waals surface area contributed by atoms with Crippen molar-refractivity contribution >= 4 is 16.9 Å². The summed E-state index contributed by atoms with van der Waals surface area (Å²) >= 11 is 0. The van der Waals surface area contributed by atoms with Crippen LogP contribution in [0.4, 0.5) is 4.39 Å². The van der Waals surface area contributed by atoms with E-state index >= 15 is 0 Å². The van der Waals surface area contributed by atoms with Gasteiger partial charge in [0.2, 0.25) is 0 Å². The first-order valence-electron chi connectivity index (χ1n) is 12.0. The second kappa shape index (κ2) is 8.90. The maximum Gasteiger partial charge on any atom is 0.306 e. The van der Waals surface area contributed by atoms with Crippen LogP contribution in [0, 0.1) is 5.82 Å². The van der Waals surface area contributed by atoms with Gasteiger partial charge < -0.3 is 23.5 Å². The van der Waals surface area contributed by atoms with Crippen LogP contribution in [0.1, 0.15) is 41.6 Å². The smallest absolute Gasteiger partial charge is 0.306 e. The molecular weight excluding hydrogens is 461 g/mol. The predicted octanol–water partition coefficient (Wildman–Crippen LogP) is 6.22. The lowest BCUT2D eigenvalue weighted by molar-refractivity contribution is -0.141. The summed E-state index contributed by atoms with van der Waals surface area (Å²) in [5.41, 5.74) is 3.45. The summed E-state index contributed by atoms with van der Waals surface area (Å²) in [6, 6.07) is 16.7. The number of carbonyl (C=O) groups excluding carboxylic acids is 1. The number of carbonyl (C=O) groups is 1. The van der Waals surface area contributed by atoms with E-state index < -0.39 is 6.10 Å². The second-order valence-corrected chi connectivity index (χ2v) is 9.32. The molecule has 0 saturated heterocycles. The molecule has 0 radical (unpaired) electrons. The van der Waals surface area contributed by atoms with E-state index in [0.29, 0.717) is 48.0 Å². The molecule has 4 aromatic rings. The number of aromatic nitrogens is 1. The van der Waals surface area contributed by atoms with Gasteiger partial charge in [-0.1, -0.05) is 6.07 Å². The summed E-state index contributed by atoms with van der Waals surface area (Å²) in [4.78, 5) is 11.7. The van der Waals surface area contributed by atoms with Gasteiger partial charge in [-0.05, 0) is 55.3 Å². The zero-order valence-electron chi connectivity index (χ0n) is 20.1. The highest BCUT2D eigenvalue weighted by atomic mass is 19.1. The monoisotopic (exact) mass is 487 g/mol. The molecule has 6 nitrogen and oxygen atoms in total. The lowest BCUT2D eigenvalue weighted by Gasteiger charge is -2.17. The Balaban J connectivity index is 1.22. The number of benzene rings is 3. The van der Waals surface area contributed by atoms with Gasteiger partial charge in [-0.2, -0.15) is 0 Å². The number of ether oxygens (including phenoxy) is 4. The Morgan fingerprint density at radius 3 is 2.83 bits per heavy atom. The van der Waals surface area contributed by atoms with Crippen LogP contribution in [0.2, 0.25) is 0 Å². The number of methoxy groups -OCH3 is 1. The first-order valence-corrected chi connectivity index (χ1v) is 12.0. The zero-order valence-corrected chi connectivity index (χ0v) is 20.1. The molecule has 1 aromatic heterocycles. The average Bonchev–Trinajstić information content (AvgIpc) is 3.59. The van der Waals surface area contributed by atoms with E-state index in [1.807, 2.05) is 55.7 Å². The van der Waals surface area contributed by atoms with Crippen LogP contribution in [0.5, 0.6) is 23.0 Å². The predicted molar refractivity (Wildman–Crippen MR) is 132 cm³/mol. The number of halogens is 1. The third kappa shape index (κ3) is 3.94. The van der Waals surface area contributed by atoms with Crippen LogP contribution in [0.15, 0.2) is 60.8 Å². The summed E-state index contributed by atoms with van der Waals surface area (Å²) in [5, 5.41) is 1.09. The second-order valence-electron chi connectivity index (χ2n) is 9.32. The van der Waals surface area contributed by atoms with Crippen molar-refractivity contribution in [1.29, 1.82) is 0 Å². The van der Waals surface area contributed by atoms with Gasteiger partial charge in [-0.3, -0.25) is 4.79 Å². The molecule has 0 fully saturated rings. The summed E-state index contributed by atoms with van der Waals surface area (Å²) < 4.78 is 40.1. The Hall–Kier alpha value is -4.00. The van der Waals surface area contributed by atoms with Gasteiger partial charge in [0.05, 0.1) is 20.1 Å². The molecule has 2 atom stereocenters. The van der Waals surface area contributed by atoms with E-state index in [-0.39, 0.29) is 24.1 Å². The summed E-state index contributed by atoms with van der Waals surface area (Å²) in [6.07, 6.45) is 3.15. The van der Waals surface area contributed by atoms with Crippen LogP contribution in [-0.4, -0.2) is 24.3 Å². The number of nitrogens with zero attached hydrogens (tertiary/aromatic N) is 1. The zero-order chi connectivity index (χ0) is 24.8. The molecule has 7 heteroatoms. The highest BCUT2D eigenvalue weighted by Crippen LogP contribution is 2.44. The number of fused-ring (bicyclic) bond motifs is 3. The first-order chi connectivity index (χ1) is 17.5. The third-order valence-electron chi connectivity index (χ3n) is 7.11. The number of hydrogen-bond donors (Lipinski definition) is 0.